The fourth-order valence-electron chi connectivity index (χ4n) is 2.89. The maximum absolute atomic E-state index is 12.1. The van der Waals surface area contributed by atoms with E-state index >= 15 is 0 Å². The summed E-state index contributed by atoms with van der Waals surface area (Å²) in [6.07, 6.45) is 2.63. The maximum Gasteiger partial charge on any atom is 0.417 e. The molecule has 3 rings (SSSR count). The average molecular weight is 303 g/mol. The molecule has 2 aromatic rings. The molecule has 0 unspecified atom stereocenters. The number of carbonyl (C=O) groups excluding carboxylic acids is 1. The number of anilines is 1. The van der Waals surface area contributed by atoms with Gasteiger partial charge < -0.3 is 14.2 Å². The van der Waals surface area contributed by atoms with E-state index in [1.165, 1.54) is 0 Å². The second kappa shape index (κ2) is 6.25. The summed E-state index contributed by atoms with van der Waals surface area (Å²) < 4.78 is 5.25. The summed E-state index contributed by atoms with van der Waals surface area (Å²) >= 11 is 0. The number of piperazine rings is 1. The Morgan fingerprint density at radius 1 is 1.27 bits per heavy atom. The quantitative estimate of drug-likeness (QED) is 0.937. The van der Waals surface area contributed by atoms with E-state index in [9.17, 15) is 9.59 Å². The predicted molar refractivity (Wildman–Crippen MR) is 85.2 cm³/mol. The topological polar surface area (TPSA) is 69.6 Å². The van der Waals surface area contributed by atoms with Gasteiger partial charge in [0.25, 0.3) is 0 Å². The second-order valence-electron chi connectivity index (χ2n) is 5.64. The van der Waals surface area contributed by atoms with Crippen molar-refractivity contribution in [2.45, 2.75) is 26.2 Å². The molecule has 6 nitrogen and oxygen atoms in total. The third kappa shape index (κ3) is 2.86. The minimum atomic E-state index is -0.434. The van der Waals surface area contributed by atoms with Crippen molar-refractivity contribution < 1.29 is 9.21 Å². The van der Waals surface area contributed by atoms with Gasteiger partial charge in [-0.25, -0.2) is 4.79 Å². The molecule has 0 atom stereocenters. The molecule has 0 aliphatic carbocycles. The van der Waals surface area contributed by atoms with E-state index in [4.69, 9.17) is 4.42 Å². The van der Waals surface area contributed by atoms with E-state index in [-0.39, 0.29) is 5.91 Å². The Labute approximate surface area is 128 Å². The zero-order chi connectivity index (χ0) is 15.5. The highest BCUT2D eigenvalue weighted by atomic mass is 16.4. The first kappa shape index (κ1) is 14.7. The third-order valence-corrected chi connectivity index (χ3v) is 4.14. The van der Waals surface area contributed by atoms with Crippen molar-refractivity contribution in [2.24, 2.45) is 0 Å². The number of carbonyl (C=O) groups is 1. The van der Waals surface area contributed by atoms with E-state index in [0.29, 0.717) is 30.6 Å². The number of aromatic amines is 1. The third-order valence-electron chi connectivity index (χ3n) is 4.14. The Bertz CT molecular complexity index is 711. The molecule has 1 aromatic heterocycles. The number of nitrogens with zero attached hydrogens (tertiary/aromatic N) is 2. The normalized spacial score (nSPS) is 15.5. The van der Waals surface area contributed by atoms with Gasteiger partial charge >= 0.3 is 5.76 Å². The summed E-state index contributed by atoms with van der Waals surface area (Å²) in [5.74, 6) is -0.191. The number of para-hydroxylation sites is 1. The van der Waals surface area contributed by atoms with Gasteiger partial charge in [-0.2, -0.15) is 0 Å². The molecule has 22 heavy (non-hydrogen) atoms. The molecule has 1 aliphatic heterocycles. The highest BCUT2D eigenvalue weighted by molar-refractivity contribution is 5.86. The minimum absolute atomic E-state index is 0.243. The van der Waals surface area contributed by atoms with Crippen LogP contribution in [0.5, 0.6) is 0 Å². The molecule has 1 aliphatic rings. The van der Waals surface area contributed by atoms with Crippen molar-refractivity contribution >= 4 is 22.7 Å². The van der Waals surface area contributed by atoms with E-state index in [0.717, 1.165) is 31.6 Å². The SMILES string of the molecule is CCCCC(=O)N1CCN(c2cccc3[nH]c(=O)oc23)CC1. The van der Waals surface area contributed by atoms with Crippen molar-refractivity contribution in [1.82, 2.24) is 9.88 Å². The molecule has 0 radical (unpaired) electrons. The van der Waals surface area contributed by atoms with Crippen LogP contribution in [0.15, 0.2) is 27.4 Å². The molecular weight excluding hydrogens is 282 g/mol. The molecule has 1 amide bonds. The zero-order valence-electron chi connectivity index (χ0n) is 12.8. The van der Waals surface area contributed by atoms with Crippen molar-refractivity contribution in [3.63, 3.8) is 0 Å². The van der Waals surface area contributed by atoms with Crippen LogP contribution in [0.2, 0.25) is 0 Å². The number of H-pyrrole nitrogens is 1. The Morgan fingerprint density at radius 2 is 2.05 bits per heavy atom. The monoisotopic (exact) mass is 303 g/mol. The van der Waals surface area contributed by atoms with Crippen LogP contribution in [0.1, 0.15) is 26.2 Å². The number of nitrogens with one attached hydrogen (secondary N) is 1. The molecular formula is C16H21N3O3. The number of rotatable bonds is 4. The molecule has 1 saturated heterocycles. The highest BCUT2D eigenvalue weighted by Crippen LogP contribution is 2.25. The van der Waals surface area contributed by atoms with Gasteiger partial charge in [0.05, 0.1) is 11.2 Å². The zero-order valence-corrected chi connectivity index (χ0v) is 12.8. The number of oxazole rings is 1. The summed E-state index contributed by atoms with van der Waals surface area (Å²) in [4.78, 5) is 30.2. The van der Waals surface area contributed by atoms with Gasteiger partial charge in [-0.05, 0) is 18.6 Å². The number of benzene rings is 1. The Balaban J connectivity index is 1.70. The van der Waals surface area contributed by atoms with Gasteiger partial charge in [0.1, 0.15) is 0 Å². The lowest BCUT2D eigenvalue weighted by molar-refractivity contribution is -0.131. The molecule has 0 bridgehead atoms. The largest absolute Gasteiger partial charge is 0.417 e. The molecule has 1 fully saturated rings. The lowest BCUT2D eigenvalue weighted by atomic mass is 10.2. The molecule has 2 heterocycles. The molecule has 6 heteroatoms. The molecule has 0 spiro atoms. The van der Waals surface area contributed by atoms with E-state index in [2.05, 4.69) is 16.8 Å². The van der Waals surface area contributed by atoms with Crippen molar-refractivity contribution in [3.05, 3.63) is 28.7 Å². The van der Waals surface area contributed by atoms with Crippen molar-refractivity contribution in [2.75, 3.05) is 31.1 Å². The fraction of sp³-hybridized carbons (Fsp3) is 0.500. The van der Waals surface area contributed by atoms with Crippen molar-refractivity contribution in [1.29, 1.82) is 0 Å². The summed E-state index contributed by atoms with van der Waals surface area (Å²) in [5.41, 5.74) is 2.22. The Morgan fingerprint density at radius 3 is 2.77 bits per heavy atom. The van der Waals surface area contributed by atoms with Crippen LogP contribution >= 0.6 is 0 Å². The second-order valence-corrected chi connectivity index (χ2v) is 5.64. The molecule has 1 N–H and O–H groups in total. The average Bonchev–Trinajstić information content (AvgIpc) is 2.92. The smallest absolute Gasteiger partial charge is 0.406 e. The maximum atomic E-state index is 12.1. The highest BCUT2D eigenvalue weighted by Gasteiger charge is 2.22. The number of unbranched alkanes of at least 4 members (excludes halogenated alkanes) is 1. The van der Waals surface area contributed by atoms with Gasteiger partial charge in [-0.1, -0.05) is 19.4 Å². The first-order chi connectivity index (χ1) is 10.7. The van der Waals surface area contributed by atoms with E-state index in [1.807, 2.05) is 23.1 Å². The number of hydrogen-bond donors (Lipinski definition) is 1. The number of amides is 1. The summed E-state index contributed by atoms with van der Waals surface area (Å²) in [6.45, 7) is 5.04. The van der Waals surface area contributed by atoms with Crippen LogP contribution in [0.25, 0.3) is 11.1 Å². The van der Waals surface area contributed by atoms with Crippen LogP contribution in [0.3, 0.4) is 0 Å². The number of hydrogen-bond acceptors (Lipinski definition) is 4. The lowest BCUT2D eigenvalue weighted by Gasteiger charge is -2.36. The first-order valence-corrected chi connectivity index (χ1v) is 7.83. The van der Waals surface area contributed by atoms with Gasteiger partial charge in [0.2, 0.25) is 5.91 Å². The van der Waals surface area contributed by atoms with Crippen LogP contribution in [-0.2, 0) is 4.79 Å². The Kier molecular flexibility index (Phi) is 4.18. The van der Waals surface area contributed by atoms with E-state index < -0.39 is 5.76 Å². The van der Waals surface area contributed by atoms with Gasteiger partial charge in [0, 0.05) is 32.6 Å². The molecule has 118 valence electrons. The van der Waals surface area contributed by atoms with E-state index in [1.54, 1.807) is 0 Å². The fourth-order valence-corrected chi connectivity index (χ4v) is 2.89. The van der Waals surface area contributed by atoms with Gasteiger partial charge in [-0.3, -0.25) is 9.78 Å². The first-order valence-electron chi connectivity index (χ1n) is 7.83. The van der Waals surface area contributed by atoms with Crippen LogP contribution < -0.4 is 10.7 Å². The summed E-state index contributed by atoms with van der Waals surface area (Å²) in [7, 11) is 0. The lowest BCUT2D eigenvalue weighted by Crippen LogP contribution is -2.48. The summed E-state index contributed by atoms with van der Waals surface area (Å²) in [6, 6.07) is 5.68. The standard InChI is InChI=1S/C16H21N3O3/c1-2-3-7-14(20)19-10-8-18(9-11-19)13-6-4-5-12-15(13)22-16(21)17-12/h4-6H,2-3,7-11H2,1H3,(H,17,21). The number of aromatic nitrogens is 1. The minimum Gasteiger partial charge on any atom is -0.406 e. The van der Waals surface area contributed by atoms with Crippen LogP contribution in [0.4, 0.5) is 5.69 Å². The van der Waals surface area contributed by atoms with Crippen LogP contribution in [0, 0.1) is 0 Å². The molecule has 1 aromatic carbocycles. The van der Waals surface area contributed by atoms with Crippen molar-refractivity contribution in [3.8, 4) is 0 Å². The van der Waals surface area contributed by atoms with Gasteiger partial charge in [0.15, 0.2) is 5.58 Å². The number of fused-ring (bicyclic) bond motifs is 1. The van der Waals surface area contributed by atoms with Crippen LogP contribution in [-0.4, -0.2) is 42.0 Å². The Hall–Kier alpha value is -2.24. The predicted octanol–water partition coefficient (Wildman–Crippen LogP) is 1.96. The molecule has 0 saturated carbocycles. The van der Waals surface area contributed by atoms with Gasteiger partial charge in [-0.15, -0.1) is 0 Å². The summed E-state index contributed by atoms with van der Waals surface area (Å²) in [5, 5.41) is 0.